The van der Waals surface area contributed by atoms with Gasteiger partial charge in [0.2, 0.25) is 11.8 Å². The third kappa shape index (κ3) is 8.95. The molecule has 1 aromatic rings. The Labute approximate surface area is 181 Å². The van der Waals surface area contributed by atoms with Crippen molar-refractivity contribution in [2.24, 2.45) is 5.92 Å². The second-order valence-electron chi connectivity index (χ2n) is 7.37. The molecular formula is C20H28N2O8S. The van der Waals surface area contributed by atoms with Crippen molar-refractivity contribution in [2.75, 3.05) is 5.32 Å². The third-order valence-electron chi connectivity index (χ3n) is 4.64. The molecule has 2 amide bonds. The van der Waals surface area contributed by atoms with Gasteiger partial charge in [-0.2, -0.15) is 8.42 Å². The monoisotopic (exact) mass is 456 g/mol. The van der Waals surface area contributed by atoms with Crippen LogP contribution in [0.1, 0.15) is 45.6 Å². The summed E-state index contributed by atoms with van der Waals surface area (Å²) in [6, 6.07) is 5.63. The zero-order valence-electron chi connectivity index (χ0n) is 17.6. The van der Waals surface area contributed by atoms with Gasteiger partial charge < -0.3 is 15.7 Å². The fourth-order valence-electron chi connectivity index (χ4n) is 2.76. The van der Waals surface area contributed by atoms with Crippen LogP contribution in [0.3, 0.4) is 0 Å². The van der Waals surface area contributed by atoms with E-state index < -0.39 is 50.7 Å². The number of rotatable bonds is 12. The molecule has 0 aliphatic rings. The molecule has 1 unspecified atom stereocenters. The highest BCUT2D eigenvalue weighted by Crippen LogP contribution is 2.13. The Kier molecular flexibility index (Phi) is 9.95. The van der Waals surface area contributed by atoms with Crippen LogP contribution in [0, 0.1) is 5.92 Å². The Bertz CT molecular complexity index is 912. The van der Waals surface area contributed by atoms with Crippen LogP contribution in [-0.4, -0.2) is 52.7 Å². The summed E-state index contributed by atoms with van der Waals surface area (Å²) in [6.07, 6.45) is -0.865. The van der Waals surface area contributed by atoms with Gasteiger partial charge in [-0.05, 0) is 38.0 Å². The van der Waals surface area contributed by atoms with E-state index in [1.807, 2.05) is 0 Å². The topological polar surface area (TPSA) is 167 Å². The Balaban J connectivity index is 2.53. The summed E-state index contributed by atoms with van der Waals surface area (Å²) in [6.45, 7) is 3.85. The number of aliphatic hydroxyl groups is 1. The fraction of sp³-hybridized carbons (Fsp3) is 0.500. The van der Waals surface area contributed by atoms with Crippen LogP contribution in [0.25, 0.3) is 0 Å². The molecule has 0 saturated heterocycles. The van der Waals surface area contributed by atoms with Gasteiger partial charge in [0.05, 0.1) is 6.61 Å². The summed E-state index contributed by atoms with van der Waals surface area (Å²) in [5.41, 5.74) is 1.18. The Hall–Kier alpha value is -2.63. The summed E-state index contributed by atoms with van der Waals surface area (Å²) in [4.78, 5) is 47.9. The highest BCUT2D eigenvalue weighted by atomic mass is 32.2. The van der Waals surface area contributed by atoms with Crippen LogP contribution in [0.2, 0.25) is 0 Å². The highest BCUT2D eigenvalue weighted by molar-refractivity contribution is 7.87. The lowest BCUT2D eigenvalue weighted by molar-refractivity contribution is -0.131. The average molecular weight is 457 g/mol. The average Bonchev–Trinajstić information content (AvgIpc) is 2.67. The molecule has 0 saturated carbocycles. The molecule has 0 radical (unpaired) electrons. The smallest absolute Gasteiger partial charge is 0.274 e. The first-order valence-electron chi connectivity index (χ1n) is 9.64. The van der Waals surface area contributed by atoms with E-state index in [0.717, 1.165) is 6.92 Å². The molecular weight excluding hydrogens is 428 g/mol. The van der Waals surface area contributed by atoms with Gasteiger partial charge in [0.15, 0.2) is 0 Å². The number of carbonyl (C=O) groups is 4. The maximum absolute atomic E-state index is 12.3. The number of aliphatic hydroxyl groups excluding tert-OH is 1. The minimum Gasteiger partial charge on any atom is -0.392 e. The summed E-state index contributed by atoms with van der Waals surface area (Å²) >= 11 is 0. The molecule has 172 valence electrons. The van der Waals surface area contributed by atoms with E-state index >= 15 is 0 Å². The molecule has 0 aliphatic carbocycles. The van der Waals surface area contributed by atoms with Crippen LogP contribution in [0.4, 0.5) is 5.69 Å². The van der Waals surface area contributed by atoms with E-state index in [2.05, 4.69) is 10.6 Å². The Morgan fingerprint density at radius 1 is 1.03 bits per heavy atom. The van der Waals surface area contributed by atoms with E-state index in [4.69, 9.17) is 9.66 Å². The lowest BCUT2D eigenvalue weighted by atomic mass is 9.99. The molecule has 0 bridgehead atoms. The predicted octanol–water partition coefficient (Wildman–Crippen LogP) is 0.843. The molecule has 1 rings (SSSR count). The molecule has 0 fully saturated rings. The molecule has 1 aromatic carbocycles. The molecule has 10 nitrogen and oxygen atoms in total. The maximum atomic E-state index is 12.3. The number of amides is 2. The number of hydrogen-bond donors (Lipinski definition) is 4. The van der Waals surface area contributed by atoms with Crippen molar-refractivity contribution in [3.63, 3.8) is 0 Å². The number of nitrogens with one attached hydrogen (secondary N) is 2. The summed E-state index contributed by atoms with van der Waals surface area (Å²) < 4.78 is 31.4. The number of Topliss-reactive ketones (excluding diaryl/α,β-unsaturated/α-hetero) is 2. The third-order valence-corrected chi connectivity index (χ3v) is 5.92. The fourth-order valence-corrected chi connectivity index (χ4v) is 3.59. The zero-order valence-corrected chi connectivity index (χ0v) is 18.4. The lowest BCUT2D eigenvalue weighted by Crippen LogP contribution is -2.44. The minimum absolute atomic E-state index is 0.123. The second-order valence-corrected chi connectivity index (χ2v) is 8.97. The van der Waals surface area contributed by atoms with Crippen molar-refractivity contribution in [3.05, 3.63) is 29.8 Å². The van der Waals surface area contributed by atoms with Gasteiger partial charge in [-0.25, -0.2) is 0 Å². The molecule has 11 heteroatoms. The van der Waals surface area contributed by atoms with Crippen LogP contribution >= 0.6 is 0 Å². The number of benzene rings is 1. The van der Waals surface area contributed by atoms with Gasteiger partial charge in [0.25, 0.3) is 10.1 Å². The minimum atomic E-state index is -4.60. The van der Waals surface area contributed by atoms with Crippen molar-refractivity contribution < 1.29 is 37.3 Å². The highest BCUT2D eigenvalue weighted by Gasteiger charge is 2.29. The van der Waals surface area contributed by atoms with Gasteiger partial charge in [-0.3, -0.25) is 23.7 Å². The van der Waals surface area contributed by atoms with Crippen molar-refractivity contribution >= 4 is 39.2 Å². The SMILES string of the molecule is CC(=O)C(CCC(=O)C[C@@H](C)C(=O)N[C@@H](C)C(=O)Nc1ccc(CO)cc1)S(=O)(=O)O. The van der Waals surface area contributed by atoms with E-state index in [1.54, 1.807) is 24.3 Å². The number of ketones is 2. The summed E-state index contributed by atoms with van der Waals surface area (Å²) in [5, 5.41) is 12.5. The van der Waals surface area contributed by atoms with Crippen LogP contribution in [0.5, 0.6) is 0 Å². The first-order chi connectivity index (χ1) is 14.3. The Morgan fingerprint density at radius 3 is 2.10 bits per heavy atom. The van der Waals surface area contributed by atoms with Crippen LogP contribution in [-0.2, 0) is 35.9 Å². The molecule has 0 aromatic heterocycles. The lowest BCUT2D eigenvalue weighted by Gasteiger charge is -2.17. The normalized spacial score (nSPS) is 14.2. The number of hydrogen-bond acceptors (Lipinski definition) is 7. The standard InChI is InChI=1S/C20H28N2O8S/c1-12(10-17(25)8-9-18(14(3)24)31(28,29)30)19(26)21-13(2)20(27)22-16-6-4-15(11-23)5-7-16/h4-7,12-13,18,23H,8-11H2,1-3H3,(H,21,26)(H,22,27)(H,28,29,30)/t12-,13+,18?/m1/s1. The molecule has 3 atom stereocenters. The number of anilines is 1. The first kappa shape index (κ1) is 26.4. The summed E-state index contributed by atoms with van der Waals surface area (Å²) in [5.74, 6) is -3.01. The molecule has 0 aliphatic heterocycles. The zero-order chi connectivity index (χ0) is 23.8. The van der Waals surface area contributed by atoms with Crippen molar-refractivity contribution in [2.45, 2.75) is 57.9 Å². The van der Waals surface area contributed by atoms with E-state index in [1.165, 1.54) is 13.8 Å². The van der Waals surface area contributed by atoms with Crippen LogP contribution in [0.15, 0.2) is 24.3 Å². The molecule has 0 spiro atoms. The molecule has 0 heterocycles. The number of carbonyl (C=O) groups excluding carboxylic acids is 4. The van der Waals surface area contributed by atoms with Crippen molar-refractivity contribution in [1.82, 2.24) is 5.32 Å². The Morgan fingerprint density at radius 2 is 1.61 bits per heavy atom. The summed E-state index contributed by atoms with van der Waals surface area (Å²) in [7, 11) is -4.60. The quantitative estimate of drug-likeness (QED) is 0.336. The van der Waals surface area contributed by atoms with E-state index in [9.17, 15) is 27.6 Å². The van der Waals surface area contributed by atoms with Gasteiger partial charge in [0.1, 0.15) is 22.9 Å². The van der Waals surface area contributed by atoms with E-state index in [0.29, 0.717) is 11.3 Å². The second kappa shape index (κ2) is 11.7. The van der Waals surface area contributed by atoms with Gasteiger partial charge in [-0.15, -0.1) is 0 Å². The predicted molar refractivity (Wildman–Crippen MR) is 113 cm³/mol. The largest absolute Gasteiger partial charge is 0.392 e. The molecule has 4 N–H and O–H groups in total. The van der Waals surface area contributed by atoms with Gasteiger partial charge >= 0.3 is 0 Å². The first-order valence-corrected chi connectivity index (χ1v) is 11.1. The van der Waals surface area contributed by atoms with Crippen molar-refractivity contribution in [1.29, 1.82) is 0 Å². The van der Waals surface area contributed by atoms with Gasteiger partial charge in [0, 0.05) is 24.4 Å². The van der Waals surface area contributed by atoms with Gasteiger partial charge in [-0.1, -0.05) is 19.1 Å². The van der Waals surface area contributed by atoms with Crippen molar-refractivity contribution in [3.8, 4) is 0 Å². The van der Waals surface area contributed by atoms with E-state index in [-0.39, 0.29) is 25.9 Å². The maximum Gasteiger partial charge on any atom is 0.274 e. The van der Waals surface area contributed by atoms with Crippen LogP contribution < -0.4 is 10.6 Å². The molecule has 31 heavy (non-hydrogen) atoms.